The number of nitriles is 1. The Kier molecular flexibility index (Phi) is 3.73. The van der Waals surface area contributed by atoms with E-state index < -0.39 is 0 Å². The summed E-state index contributed by atoms with van der Waals surface area (Å²) in [4.78, 5) is 0. The number of hydrogen-bond donors (Lipinski definition) is 1. The van der Waals surface area contributed by atoms with Crippen LogP contribution in [0.2, 0.25) is 0 Å². The standard InChI is InChI=1S/C14H12N4/c1-2-3-6-9-16-14-11-7-4-5-8-12(11)17-18-13(14)10-15/h4-5,7-8H,6,9H2,1H3,(H,16,17). The Labute approximate surface area is 106 Å². The Hall–Kier alpha value is -2.59. The topological polar surface area (TPSA) is 61.6 Å². The first-order valence-electron chi connectivity index (χ1n) is 5.66. The maximum absolute atomic E-state index is 9.06. The van der Waals surface area contributed by atoms with Crippen molar-refractivity contribution in [3.63, 3.8) is 0 Å². The largest absolute Gasteiger partial charge is 0.381 e. The molecule has 0 fully saturated rings. The van der Waals surface area contributed by atoms with Crippen molar-refractivity contribution in [1.29, 1.82) is 5.26 Å². The number of rotatable bonds is 3. The molecule has 0 spiro atoms. The van der Waals surface area contributed by atoms with Crippen LogP contribution in [0.25, 0.3) is 10.9 Å². The minimum absolute atomic E-state index is 0.318. The molecule has 4 nitrogen and oxygen atoms in total. The van der Waals surface area contributed by atoms with Crippen molar-refractivity contribution in [3.05, 3.63) is 30.0 Å². The van der Waals surface area contributed by atoms with Gasteiger partial charge in [-0.3, -0.25) is 0 Å². The summed E-state index contributed by atoms with van der Waals surface area (Å²) in [5.74, 6) is 5.81. The van der Waals surface area contributed by atoms with Crippen LogP contribution in [0, 0.1) is 23.2 Å². The Bertz CT molecular complexity index is 659. The fourth-order valence-electron chi connectivity index (χ4n) is 1.69. The lowest BCUT2D eigenvalue weighted by Crippen LogP contribution is -2.05. The van der Waals surface area contributed by atoms with Crippen molar-refractivity contribution >= 4 is 16.6 Å². The van der Waals surface area contributed by atoms with Crippen LogP contribution in [0.15, 0.2) is 24.3 Å². The molecule has 0 saturated carbocycles. The van der Waals surface area contributed by atoms with Crippen molar-refractivity contribution in [3.8, 4) is 17.9 Å². The van der Waals surface area contributed by atoms with Gasteiger partial charge in [-0.05, 0) is 13.0 Å². The zero-order valence-corrected chi connectivity index (χ0v) is 10.1. The van der Waals surface area contributed by atoms with Gasteiger partial charge in [-0.1, -0.05) is 18.2 Å². The van der Waals surface area contributed by atoms with Crippen LogP contribution in [0.4, 0.5) is 5.69 Å². The lowest BCUT2D eigenvalue weighted by molar-refractivity contribution is 1.03. The third kappa shape index (κ3) is 2.39. The average molecular weight is 236 g/mol. The van der Waals surface area contributed by atoms with E-state index in [1.54, 1.807) is 0 Å². The summed E-state index contributed by atoms with van der Waals surface area (Å²) in [6.45, 7) is 2.50. The molecular weight excluding hydrogens is 224 g/mol. The zero-order chi connectivity index (χ0) is 12.8. The highest BCUT2D eigenvalue weighted by Gasteiger charge is 2.08. The Morgan fingerprint density at radius 3 is 2.89 bits per heavy atom. The second-order valence-electron chi connectivity index (χ2n) is 3.66. The van der Waals surface area contributed by atoms with Crippen molar-refractivity contribution < 1.29 is 0 Å². The molecular formula is C14H12N4. The van der Waals surface area contributed by atoms with E-state index >= 15 is 0 Å². The molecule has 0 aliphatic carbocycles. The predicted octanol–water partition coefficient (Wildman–Crippen LogP) is 2.33. The van der Waals surface area contributed by atoms with E-state index in [9.17, 15) is 0 Å². The maximum Gasteiger partial charge on any atom is 0.186 e. The third-order valence-electron chi connectivity index (χ3n) is 2.50. The van der Waals surface area contributed by atoms with Gasteiger partial charge in [0.05, 0.1) is 11.2 Å². The lowest BCUT2D eigenvalue weighted by Gasteiger charge is -2.08. The average Bonchev–Trinajstić information content (AvgIpc) is 2.43. The van der Waals surface area contributed by atoms with Gasteiger partial charge in [0.2, 0.25) is 0 Å². The fourth-order valence-corrected chi connectivity index (χ4v) is 1.69. The van der Waals surface area contributed by atoms with Crippen molar-refractivity contribution in [2.24, 2.45) is 0 Å². The van der Waals surface area contributed by atoms with Gasteiger partial charge in [0, 0.05) is 18.4 Å². The second kappa shape index (κ2) is 5.65. The van der Waals surface area contributed by atoms with Gasteiger partial charge in [-0.25, -0.2) is 0 Å². The predicted molar refractivity (Wildman–Crippen MR) is 70.8 cm³/mol. The van der Waals surface area contributed by atoms with Crippen LogP contribution >= 0.6 is 0 Å². The van der Waals surface area contributed by atoms with Gasteiger partial charge in [-0.15, -0.1) is 22.0 Å². The molecule has 0 aliphatic heterocycles. The quantitative estimate of drug-likeness (QED) is 0.656. The number of nitrogens with zero attached hydrogens (tertiary/aromatic N) is 3. The zero-order valence-electron chi connectivity index (χ0n) is 10.1. The van der Waals surface area contributed by atoms with Crippen LogP contribution in [-0.4, -0.2) is 16.7 Å². The SMILES string of the molecule is CC#CCCNc1c(C#N)nnc2ccccc12. The molecule has 1 aromatic heterocycles. The molecule has 1 heterocycles. The third-order valence-corrected chi connectivity index (χ3v) is 2.50. The van der Waals surface area contributed by atoms with Crippen molar-refractivity contribution in [1.82, 2.24) is 10.2 Å². The Morgan fingerprint density at radius 1 is 1.28 bits per heavy atom. The molecule has 0 unspecified atom stereocenters. The first-order valence-corrected chi connectivity index (χ1v) is 5.66. The van der Waals surface area contributed by atoms with Crippen LogP contribution in [0.1, 0.15) is 19.0 Å². The van der Waals surface area contributed by atoms with E-state index in [1.807, 2.05) is 31.2 Å². The molecule has 0 aliphatic rings. The van der Waals surface area contributed by atoms with Gasteiger partial charge >= 0.3 is 0 Å². The first-order chi connectivity index (χ1) is 8.86. The molecule has 18 heavy (non-hydrogen) atoms. The van der Waals surface area contributed by atoms with E-state index in [0.29, 0.717) is 12.2 Å². The monoisotopic (exact) mass is 236 g/mol. The van der Waals surface area contributed by atoms with Gasteiger partial charge in [0.1, 0.15) is 6.07 Å². The number of fused-ring (bicyclic) bond motifs is 1. The molecule has 0 atom stereocenters. The highest BCUT2D eigenvalue weighted by atomic mass is 15.1. The summed E-state index contributed by atoms with van der Waals surface area (Å²) in [7, 11) is 0. The van der Waals surface area contributed by atoms with Crippen molar-refractivity contribution in [2.45, 2.75) is 13.3 Å². The van der Waals surface area contributed by atoms with Gasteiger partial charge in [0.25, 0.3) is 0 Å². The number of hydrogen-bond acceptors (Lipinski definition) is 4. The van der Waals surface area contributed by atoms with Gasteiger partial charge in [0.15, 0.2) is 5.69 Å². The highest BCUT2D eigenvalue weighted by molar-refractivity contribution is 5.92. The Balaban J connectivity index is 2.38. The molecule has 0 radical (unpaired) electrons. The van der Waals surface area contributed by atoms with E-state index in [1.165, 1.54) is 0 Å². The molecule has 1 N–H and O–H groups in total. The fraction of sp³-hybridized carbons (Fsp3) is 0.214. The normalized spacial score (nSPS) is 9.33. The van der Waals surface area contributed by atoms with Gasteiger partial charge < -0.3 is 5.32 Å². The number of benzene rings is 1. The number of nitrogens with one attached hydrogen (secondary N) is 1. The first kappa shape index (κ1) is 11.9. The summed E-state index contributed by atoms with van der Waals surface area (Å²) in [5.41, 5.74) is 1.83. The van der Waals surface area contributed by atoms with Crippen LogP contribution < -0.4 is 5.32 Å². The molecule has 0 amide bonds. The maximum atomic E-state index is 9.06. The Morgan fingerprint density at radius 2 is 2.11 bits per heavy atom. The summed E-state index contributed by atoms with van der Waals surface area (Å²) in [5, 5.41) is 21.1. The summed E-state index contributed by atoms with van der Waals surface area (Å²) in [6.07, 6.45) is 0.734. The highest BCUT2D eigenvalue weighted by Crippen LogP contribution is 2.23. The molecule has 0 saturated heterocycles. The summed E-state index contributed by atoms with van der Waals surface area (Å²) >= 11 is 0. The van der Waals surface area contributed by atoms with Crippen molar-refractivity contribution in [2.75, 3.05) is 11.9 Å². The van der Waals surface area contributed by atoms with E-state index in [2.05, 4.69) is 33.4 Å². The molecule has 2 rings (SSSR count). The van der Waals surface area contributed by atoms with Crippen LogP contribution in [-0.2, 0) is 0 Å². The molecule has 2 aromatic rings. The van der Waals surface area contributed by atoms with E-state index in [-0.39, 0.29) is 0 Å². The minimum Gasteiger partial charge on any atom is -0.381 e. The summed E-state index contributed by atoms with van der Waals surface area (Å²) in [6, 6.07) is 9.68. The van der Waals surface area contributed by atoms with E-state index in [0.717, 1.165) is 23.0 Å². The molecule has 88 valence electrons. The smallest absolute Gasteiger partial charge is 0.186 e. The van der Waals surface area contributed by atoms with Gasteiger partial charge in [-0.2, -0.15) is 5.26 Å². The van der Waals surface area contributed by atoms with Crippen LogP contribution in [0.5, 0.6) is 0 Å². The van der Waals surface area contributed by atoms with Crippen LogP contribution in [0.3, 0.4) is 0 Å². The summed E-state index contributed by atoms with van der Waals surface area (Å²) < 4.78 is 0. The van der Waals surface area contributed by atoms with E-state index in [4.69, 9.17) is 5.26 Å². The number of anilines is 1. The molecule has 1 aromatic carbocycles. The molecule has 4 heteroatoms. The minimum atomic E-state index is 0.318. The number of aromatic nitrogens is 2. The second-order valence-corrected chi connectivity index (χ2v) is 3.66. The molecule has 0 bridgehead atoms. The lowest BCUT2D eigenvalue weighted by atomic mass is 10.1.